The Morgan fingerprint density at radius 2 is 2.06 bits per heavy atom. The zero-order chi connectivity index (χ0) is 11.4. The first-order valence-electron chi connectivity index (χ1n) is 6.48. The van der Waals surface area contributed by atoms with Crippen LogP contribution >= 0.6 is 0 Å². The number of rotatable bonds is 3. The Labute approximate surface area is 97.7 Å². The first-order valence-corrected chi connectivity index (χ1v) is 6.48. The van der Waals surface area contributed by atoms with Crippen molar-refractivity contribution in [1.82, 2.24) is 4.90 Å². The van der Waals surface area contributed by atoms with Crippen LogP contribution in [0.1, 0.15) is 32.1 Å². The lowest BCUT2D eigenvalue weighted by molar-refractivity contribution is -0.0728. The molecule has 0 radical (unpaired) electrons. The molecule has 2 rings (SSSR count). The first-order chi connectivity index (χ1) is 7.72. The summed E-state index contributed by atoms with van der Waals surface area (Å²) in [5.41, 5.74) is 5.17. The van der Waals surface area contributed by atoms with Crippen molar-refractivity contribution in [3.8, 4) is 0 Å². The van der Waals surface area contributed by atoms with Crippen LogP contribution < -0.4 is 5.73 Å². The van der Waals surface area contributed by atoms with Gasteiger partial charge in [-0.3, -0.25) is 4.90 Å². The number of nitrogens with zero attached hydrogens (tertiary/aromatic N) is 1. The summed E-state index contributed by atoms with van der Waals surface area (Å²) in [4.78, 5) is 2.31. The van der Waals surface area contributed by atoms with Gasteiger partial charge in [0.15, 0.2) is 0 Å². The fourth-order valence-corrected chi connectivity index (χ4v) is 2.85. The molecular formula is C12H24N2O2. The van der Waals surface area contributed by atoms with Gasteiger partial charge in [-0.15, -0.1) is 0 Å². The van der Waals surface area contributed by atoms with Gasteiger partial charge in [0.25, 0.3) is 0 Å². The van der Waals surface area contributed by atoms with Crippen LogP contribution in [0.25, 0.3) is 0 Å². The summed E-state index contributed by atoms with van der Waals surface area (Å²) in [7, 11) is 0. The zero-order valence-electron chi connectivity index (χ0n) is 10.0. The van der Waals surface area contributed by atoms with Crippen LogP contribution in [-0.2, 0) is 4.74 Å². The predicted octanol–water partition coefficient (Wildman–Crippen LogP) is 0.341. The van der Waals surface area contributed by atoms with E-state index in [1.165, 1.54) is 19.3 Å². The molecule has 94 valence electrons. The zero-order valence-corrected chi connectivity index (χ0v) is 10.0. The largest absolute Gasteiger partial charge is 0.389 e. The molecule has 0 aromatic carbocycles. The fourth-order valence-electron chi connectivity index (χ4n) is 2.85. The molecule has 1 aliphatic carbocycles. The van der Waals surface area contributed by atoms with Crippen LogP contribution in [0.4, 0.5) is 0 Å². The number of aliphatic hydroxyl groups is 1. The van der Waals surface area contributed by atoms with E-state index in [1.54, 1.807) is 0 Å². The van der Waals surface area contributed by atoms with Crippen molar-refractivity contribution in [1.29, 1.82) is 0 Å². The van der Waals surface area contributed by atoms with Crippen molar-refractivity contribution in [2.24, 2.45) is 5.73 Å². The molecule has 1 unspecified atom stereocenters. The number of β-amino-alcohol motifs (C(OH)–C–C–N with tert-alkyl or cyclic N) is 1. The van der Waals surface area contributed by atoms with Crippen LogP contribution in [0.5, 0.6) is 0 Å². The fraction of sp³-hybridized carbons (Fsp3) is 1.00. The van der Waals surface area contributed by atoms with Gasteiger partial charge < -0.3 is 15.6 Å². The molecule has 0 bridgehead atoms. The lowest BCUT2D eigenvalue weighted by atomic mass is 9.84. The molecule has 2 aliphatic rings. The Bertz CT molecular complexity index is 217. The van der Waals surface area contributed by atoms with E-state index in [1.807, 2.05) is 0 Å². The first kappa shape index (κ1) is 12.3. The SMILES string of the molecule is NCC1CN(CC2(O)CCCCC2)CCO1. The number of hydrogen-bond donors (Lipinski definition) is 2. The van der Waals surface area contributed by atoms with E-state index in [0.717, 1.165) is 39.1 Å². The molecule has 1 saturated heterocycles. The van der Waals surface area contributed by atoms with Gasteiger partial charge in [-0.05, 0) is 12.8 Å². The molecule has 0 aromatic rings. The van der Waals surface area contributed by atoms with Gasteiger partial charge >= 0.3 is 0 Å². The summed E-state index contributed by atoms with van der Waals surface area (Å²) in [5.74, 6) is 0. The van der Waals surface area contributed by atoms with Crippen LogP contribution in [0, 0.1) is 0 Å². The quantitative estimate of drug-likeness (QED) is 0.731. The number of hydrogen-bond acceptors (Lipinski definition) is 4. The van der Waals surface area contributed by atoms with E-state index >= 15 is 0 Å². The van der Waals surface area contributed by atoms with E-state index in [0.29, 0.717) is 6.54 Å². The van der Waals surface area contributed by atoms with E-state index in [-0.39, 0.29) is 6.10 Å². The molecule has 0 amide bonds. The van der Waals surface area contributed by atoms with Gasteiger partial charge in [-0.25, -0.2) is 0 Å². The third kappa shape index (κ3) is 3.17. The summed E-state index contributed by atoms with van der Waals surface area (Å²) >= 11 is 0. The van der Waals surface area contributed by atoms with Crippen molar-refractivity contribution in [3.63, 3.8) is 0 Å². The summed E-state index contributed by atoms with van der Waals surface area (Å²) < 4.78 is 5.53. The standard InChI is InChI=1S/C12H24N2O2/c13-8-11-9-14(6-7-16-11)10-12(15)4-2-1-3-5-12/h11,15H,1-10,13H2. The van der Waals surface area contributed by atoms with Crippen molar-refractivity contribution in [3.05, 3.63) is 0 Å². The van der Waals surface area contributed by atoms with Crippen molar-refractivity contribution >= 4 is 0 Å². The second-order valence-electron chi connectivity index (χ2n) is 5.25. The van der Waals surface area contributed by atoms with Crippen LogP contribution in [0.2, 0.25) is 0 Å². The second-order valence-corrected chi connectivity index (χ2v) is 5.25. The van der Waals surface area contributed by atoms with Crippen molar-refractivity contribution in [2.45, 2.75) is 43.8 Å². The predicted molar refractivity (Wildman–Crippen MR) is 63.3 cm³/mol. The molecule has 1 saturated carbocycles. The maximum Gasteiger partial charge on any atom is 0.0824 e. The molecule has 0 aromatic heterocycles. The highest BCUT2D eigenvalue weighted by Crippen LogP contribution is 2.29. The topological polar surface area (TPSA) is 58.7 Å². The van der Waals surface area contributed by atoms with E-state index < -0.39 is 5.60 Å². The second kappa shape index (κ2) is 5.45. The third-order valence-corrected chi connectivity index (χ3v) is 3.79. The Kier molecular flexibility index (Phi) is 4.19. The summed E-state index contributed by atoms with van der Waals surface area (Å²) in [6.45, 7) is 3.93. The van der Waals surface area contributed by atoms with Gasteiger partial charge in [0.2, 0.25) is 0 Å². The molecule has 4 nitrogen and oxygen atoms in total. The molecule has 4 heteroatoms. The third-order valence-electron chi connectivity index (χ3n) is 3.79. The molecule has 0 spiro atoms. The summed E-state index contributed by atoms with van der Waals surface area (Å²) in [6, 6.07) is 0. The van der Waals surface area contributed by atoms with Gasteiger partial charge in [-0.2, -0.15) is 0 Å². The summed E-state index contributed by atoms with van der Waals surface area (Å²) in [6.07, 6.45) is 5.68. The highest BCUT2D eigenvalue weighted by molar-refractivity contribution is 4.87. The van der Waals surface area contributed by atoms with E-state index in [4.69, 9.17) is 10.5 Å². The minimum Gasteiger partial charge on any atom is -0.389 e. The van der Waals surface area contributed by atoms with Gasteiger partial charge in [0.05, 0.1) is 18.3 Å². The van der Waals surface area contributed by atoms with Gasteiger partial charge in [-0.1, -0.05) is 19.3 Å². The average molecular weight is 228 g/mol. The molecule has 3 N–H and O–H groups in total. The van der Waals surface area contributed by atoms with Crippen LogP contribution in [-0.4, -0.2) is 54.5 Å². The van der Waals surface area contributed by atoms with Crippen molar-refractivity contribution in [2.75, 3.05) is 32.8 Å². The normalized spacial score (nSPS) is 31.5. The minimum atomic E-state index is -0.450. The molecule has 16 heavy (non-hydrogen) atoms. The monoisotopic (exact) mass is 228 g/mol. The molecule has 2 fully saturated rings. The maximum absolute atomic E-state index is 10.5. The average Bonchev–Trinajstić information content (AvgIpc) is 2.29. The van der Waals surface area contributed by atoms with Crippen molar-refractivity contribution < 1.29 is 9.84 Å². The van der Waals surface area contributed by atoms with Crippen LogP contribution in [0.15, 0.2) is 0 Å². The number of ether oxygens (including phenoxy) is 1. The lowest BCUT2D eigenvalue weighted by Crippen LogP contribution is -2.52. The maximum atomic E-state index is 10.5. The number of morpholine rings is 1. The Morgan fingerprint density at radius 1 is 1.31 bits per heavy atom. The molecule has 1 heterocycles. The Morgan fingerprint density at radius 3 is 2.75 bits per heavy atom. The molecule has 1 atom stereocenters. The smallest absolute Gasteiger partial charge is 0.0824 e. The molecular weight excluding hydrogens is 204 g/mol. The van der Waals surface area contributed by atoms with Crippen LogP contribution in [0.3, 0.4) is 0 Å². The van der Waals surface area contributed by atoms with E-state index in [2.05, 4.69) is 4.90 Å². The van der Waals surface area contributed by atoms with Gasteiger partial charge in [0, 0.05) is 26.2 Å². The Hall–Kier alpha value is -0.160. The Balaban J connectivity index is 1.83. The number of nitrogens with two attached hydrogens (primary N) is 1. The highest BCUT2D eigenvalue weighted by Gasteiger charge is 2.32. The lowest BCUT2D eigenvalue weighted by Gasteiger charge is -2.40. The highest BCUT2D eigenvalue weighted by atomic mass is 16.5. The molecule has 1 aliphatic heterocycles. The van der Waals surface area contributed by atoms with E-state index in [9.17, 15) is 5.11 Å². The van der Waals surface area contributed by atoms with Gasteiger partial charge in [0.1, 0.15) is 0 Å². The summed E-state index contributed by atoms with van der Waals surface area (Å²) in [5, 5.41) is 10.5. The minimum absolute atomic E-state index is 0.154.